The maximum atomic E-state index is 13.5. The number of benzene rings is 2. The summed E-state index contributed by atoms with van der Waals surface area (Å²) < 4.78 is 173. The molecule has 2 fully saturated rings. The molecule has 8 aromatic heterocycles. The lowest BCUT2D eigenvalue weighted by atomic mass is 9.88. The lowest BCUT2D eigenvalue weighted by molar-refractivity contribution is -0.139. The molecule has 2 saturated heterocycles. The van der Waals surface area contributed by atoms with E-state index < -0.39 is 105 Å². The van der Waals surface area contributed by atoms with Crippen molar-refractivity contribution in [1.29, 1.82) is 0 Å². The van der Waals surface area contributed by atoms with Crippen molar-refractivity contribution < 1.29 is 106 Å². The van der Waals surface area contributed by atoms with Crippen molar-refractivity contribution in [2.75, 3.05) is 84.5 Å². The van der Waals surface area contributed by atoms with E-state index in [4.69, 9.17) is 38.1 Å². The minimum Gasteiger partial charge on any atom is -0.477 e. The molecule has 0 radical (unpaired) electrons. The number of piperazine rings is 1. The van der Waals surface area contributed by atoms with Gasteiger partial charge in [0.1, 0.15) is 63.5 Å². The summed E-state index contributed by atoms with van der Waals surface area (Å²) in [7, 11) is 0. The van der Waals surface area contributed by atoms with Crippen LogP contribution in [0.15, 0.2) is 183 Å². The number of hydrogen-bond donors (Lipinski definition) is 9. The number of aliphatic hydroxyl groups is 1. The predicted molar refractivity (Wildman–Crippen MR) is 443 cm³/mol. The fourth-order valence-electron chi connectivity index (χ4n) is 12.6. The van der Waals surface area contributed by atoms with Gasteiger partial charge in [-0.15, -0.1) is 0 Å². The molecular formula is C81H111F12N17O7. The summed E-state index contributed by atoms with van der Waals surface area (Å²) in [4.78, 5) is 83.9. The highest BCUT2D eigenvalue weighted by atomic mass is 19.4. The second-order valence-electron chi connectivity index (χ2n) is 27.1. The van der Waals surface area contributed by atoms with Crippen LogP contribution in [0.2, 0.25) is 0 Å². The number of pyridine rings is 8. The Kier molecular flexibility index (Phi) is 29.8. The zero-order chi connectivity index (χ0) is 85.1. The number of nitrogen functional groups attached to an aromatic ring is 4. The number of aromatic nitrogens is 8. The summed E-state index contributed by atoms with van der Waals surface area (Å²) in [6.07, 6.45) is -11.8. The maximum Gasteiger partial charge on any atom is 0.418 e. The highest BCUT2D eigenvalue weighted by molar-refractivity contribution is 6.13. The van der Waals surface area contributed by atoms with E-state index in [1.807, 2.05) is 56.0 Å². The van der Waals surface area contributed by atoms with Gasteiger partial charge in [-0.2, -0.15) is 52.7 Å². The molecule has 12 rings (SSSR count). The van der Waals surface area contributed by atoms with Crippen LogP contribution in [0, 0.1) is 11.8 Å². The van der Waals surface area contributed by atoms with E-state index in [9.17, 15) is 77.0 Å². The predicted octanol–water partition coefficient (Wildman–Crippen LogP) is 17.4. The fraction of sp³-hybridized carbons (Fsp3) is 0.309. The number of carbonyl (C=O) groups excluding carboxylic acids is 4. The standard InChI is InChI=1S/C22H22F3N5O.C21H19F3N4O2.C20H22F3N3O3.C18H20F3N5O.14H2/c1-13(16(12-26)14-6-3-2-4-7-14)29-18-10-9-17(22(23,24)25)19(30-18)20(31)15-8-5-11-28-21(15)27;1-12(18(29)13-6-3-2-4-7-13)27-16-10-9-15(21(22,23)24)17(28-16)19(30)14-8-5-11-26-20(14)25;1-12(13-6-9-28-10-7-13)11-29-16-5-4-15(20(21,22)23)17(26-16)18(27)14-3-2-8-25-19(14)24;1-2-11-10-26(9-8-23-11)14-6-5-13(18(19,20)21)15(25-14)16(27)12-4-3-7-24-17(12)22;;;;;;;;;;;;;;/h2-11,13,16H,12,26H2,1H3,(H2,27,28)(H,29,30);2-12,18,29H,1H3,(H2,25,26)(H,27,28);2-5,8,12-13H,6-7,9-11H2,1H3,(H2,24,25);3-7,11,23H,2,8-10H2,1H3,(H2,22,24);14*1H/t;12?,18-;;;;;;;;;;;;;;;;/m.1................/s1. The minimum absolute atomic E-state index is 0. The summed E-state index contributed by atoms with van der Waals surface area (Å²) in [6.45, 7) is 11.4. The normalized spacial score (nSPS) is 15.2. The largest absolute Gasteiger partial charge is 0.477 e. The Morgan fingerprint density at radius 2 is 0.906 bits per heavy atom. The quantitative estimate of drug-likeness (QED) is 0.0212. The van der Waals surface area contributed by atoms with Crippen LogP contribution in [0.3, 0.4) is 0 Å². The molecule has 10 aromatic rings. The van der Waals surface area contributed by atoms with Crippen molar-refractivity contribution in [3.05, 3.63) is 261 Å². The van der Waals surface area contributed by atoms with Crippen LogP contribution in [-0.2, 0) is 29.4 Å². The Bertz CT molecular complexity index is 5110. The number of nitrogens with two attached hydrogens (primary N) is 5. The second-order valence-corrected chi connectivity index (χ2v) is 27.1. The molecule has 0 amide bonds. The third-order valence-electron chi connectivity index (χ3n) is 19.0. The van der Waals surface area contributed by atoms with Crippen molar-refractivity contribution in [3.63, 3.8) is 0 Å². The number of alkyl halides is 12. The molecule has 2 aliphatic heterocycles. The Hall–Kier alpha value is -12.3. The second kappa shape index (κ2) is 39.4. The topological polar surface area (TPSA) is 380 Å². The SMILES string of the molecule is CC(COc1ccc(C(F)(F)F)c(C(=O)c2cccnc2N)n1)C1CCOCC1.CC(Nc1ccc(C(F)(F)F)c(C(=O)c2cccnc2N)n1)C(CN)c1ccccc1.CC(Nc1ccc(C(F)(F)F)c(C(=O)c2cccnc2N)n1)[C@@H](O)c1ccccc1.CCC1CN(c2ccc(C(F)(F)F)c(C(=O)c3cccnc3N)n2)CCN1.[HH].[HH].[HH].[HH].[HH].[HH].[HH].[HH].[HH].[HH].[HH].[HH].[HH].[HH]. The number of halogens is 12. The molecule has 6 atom stereocenters. The molecule has 2 aliphatic rings. The van der Waals surface area contributed by atoms with Crippen LogP contribution >= 0.6 is 0 Å². The Morgan fingerprint density at radius 1 is 0.521 bits per heavy atom. The average molecular weight is 1660 g/mol. The number of aliphatic hydroxyl groups excluding tert-OH is 1. The first-order valence-electron chi connectivity index (χ1n) is 36.5. The molecule has 117 heavy (non-hydrogen) atoms. The Labute approximate surface area is 684 Å². The van der Waals surface area contributed by atoms with Crippen LogP contribution in [0.25, 0.3) is 0 Å². The van der Waals surface area contributed by atoms with Crippen LogP contribution in [-0.4, -0.2) is 132 Å². The molecule has 646 valence electrons. The zero-order valence-corrected chi connectivity index (χ0v) is 63.3. The van der Waals surface area contributed by atoms with E-state index in [0.717, 1.165) is 61.2 Å². The van der Waals surface area contributed by atoms with Crippen LogP contribution in [0.5, 0.6) is 5.88 Å². The zero-order valence-electron chi connectivity index (χ0n) is 63.3. The van der Waals surface area contributed by atoms with Gasteiger partial charge in [-0.3, -0.25) is 19.2 Å². The van der Waals surface area contributed by atoms with E-state index in [1.54, 1.807) is 37.3 Å². The molecule has 14 N–H and O–H groups in total. The molecule has 10 heterocycles. The minimum atomic E-state index is -4.79. The summed E-state index contributed by atoms with van der Waals surface area (Å²) in [6, 6.07) is 36.7. The monoisotopic (exact) mass is 1660 g/mol. The summed E-state index contributed by atoms with van der Waals surface area (Å²) in [5.74, 6) is -3.52. The molecule has 5 unspecified atom stereocenters. The van der Waals surface area contributed by atoms with E-state index in [1.165, 1.54) is 85.5 Å². The van der Waals surface area contributed by atoms with Crippen molar-refractivity contribution >= 4 is 63.9 Å². The number of nitrogens with zero attached hydrogens (tertiary/aromatic N) is 9. The van der Waals surface area contributed by atoms with Gasteiger partial charge in [-0.1, -0.05) is 74.5 Å². The number of ether oxygens (including phenoxy) is 2. The highest BCUT2D eigenvalue weighted by Crippen LogP contribution is 2.39. The van der Waals surface area contributed by atoms with Crippen molar-refractivity contribution in [2.45, 2.75) is 102 Å². The molecule has 0 bridgehead atoms. The lowest BCUT2D eigenvalue weighted by Gasteiger charge is -2.34. The third-order valence-corrected chi connectivity index (χ3v) is 19.0. The smallest absolute Gasteiger partial charge is 0.418 e. The van der Waals surface area contributed by atoms with Crippen LogP contribution in [0.1, 0.15) is 177 Å². The summed E-state index contributed by atoms with van der Waals surface area (Å²) in [5.41, 5.74) is 22.1. The molecule has 36 heteroatoms. The summed E-state index contributed by atoms with van der Waals surface area (Å²) >= 11 is 0. The first-order chi connectivity index (χ1) is 55.5. The average Bonchev–Trinajstić information content (AvgIpc) is 0.809. The van der Waals surface area contributed by atoms with Gasteiger partial charge in [0.05, 0.1) is 63.3 Å². The van der Waals surface area contributed by atoms with E-state index in [0.29, 0.717) is 56.7 Å². The number of nitrogens with one attached hydrogen (secondary N) is 3. The third kappa shape index (κ3) is 23.3. The molecular weight excluding hydrogens is 1550 g/mol. The molecule has 0 spiro atoms. The van der Waals surface area contributed by atoms with Gasteiger partial charge in [-0.05, 0) is 147 Å². The molecule has 0 saturated carbocycles. The van der Waals surface area contributed by atoms with Crippen molar-refractivity contribution in [1.82, 2.24) is 45.2 Å². The number of rotatable bonds is 23. The first-order valence-corrected chi connectivity index (χ1v) is 36.5. The van der Waals surface area contributed by atoms with Gasteiger partial charge in [-0.25, -0.2) is 39.9 Å². The van der Waals surface area contributed by atoms with Crippen LogP contribution < -0.4 is 54.3 Å². The molecule has 2 aromatic carbocycles. The Balaban J connectivity index is -0.000000384. The molecule has 0 aliphatic carbocycles. The fourth-order valence-corrected chi connectivity index (χ4v) is 12.6. The number of anilines is 7. The highest BCUT2D eigenvalue weighted by Gasteiger charge is 2.42. The van der Waals surface area contributed by atoms with Crippen LogP contribution in [0.4, 0.5) is 93.4 Å². The van der Waals surface area contributed by atoms with Gasteiger partial charge >= 0.3 is 24.7 Å². The van der Waals surface area contributed by atoms with Gasteiger partial charge in [0, 0.05) is 108 Å². The van der Waals surface area contributed by atoms with E-state index in [2.05, 4.69) is 55.8 Å². The number of hydrogen-bond acceptors (Lipinski definition) is 24. The van der Waals surface area contributed by atoms with E-state index in [-0.39, 0.29) is 114 Å². The first kappa shape index (κ1) is 88.7. The van der Waals surface area contributed by atoms with Gasteiger partial charge < -0.3 is 64.1 Å². The van der Waals surface area contributed by atoms with Gasteiger partial charge in [0.25, 0.3) is 0 Å². The van der Waals surface area contributed by atoms with Crippen molar-refractivity contribution in [2.24, 2.45) is 17.6 Å². The number of carbonyl (C=O) groups is 4. The van der Waals surface area contributed by atoms with E-state index >= 15 is 0 Å². The van der Waals surface area contributed by atoms with Gasteiger partial charge in [0.15, 0.2) is 0 Å². The van der Waals surface area contributed by atoms with Gasteiger partial charge in [0.2, 0.25) is 29.0 Å². The molecule has 24 nitrogen and oxygen atoms in total. The number of ketones is 4. The lowest BCUT2D eigenvalue weighted by Crippen LogP contribution is -2.50. The summed E-state index contributed by atoms with van der Waals surface area (Å²) in [5, 5.41) is 19.7. The maximum absolute atomic E-state index is 13.5. The Morgan fingerprint density at radius 3 is 1.31 bits per heavy atom. The van der Waals surface area contributed by atoms with Crippen molar-refractivity contribution in [3.8, 4) is 5.88 Å².